The van der Waals surface area contributed by atoms with Crippen LogP contribution in [-0.2, 0) is 17.8 Å². The van der Waals surface area contributed by atoms with Crippen LogP contribution in [-0.4, -0.2) is 39.8 Å². The summed E-state index contributed by atoms with van der Waals surface area (Å²) in [5.41, 5.74) is 0.926. The lowest BCUT2D eigenvalue weighted by atomic mass is 10.1. The third-order valence-corrected chi connectivity index (χ3v) is 4.08. The molecule has 8 heteroatoms. The van der Waals surface area contributed by atoms with E-state index in [-0.39, 0.29) is 12.5 Å². The summed E-state index contributed by atoms with van der Waals surface area (Å²) in [4.78, 5) is 13.9. The largest absolute Gasteiger partial charge is 0.360 e. The highest BCUT2D eigenvalue weighted by atomic mass is 32.1. The Labute approximate surface area is 140 Å². The van der Waals surface area contributed by atoms with Gasteiger partial charge in [-0.15, -0.1) is 10.2 Å². The molecule has 2 rings (SSSR count). The zero-order valence-corrected chi connectivity index (χ0v) is 14.8. The molecule has 0 aliphatic carbocycles. The molecule has 0 unspecified atom stereocenters. The molecule has 0 fully saturated rings. The Balaban J connectivity index is 1.81. The van der Waals surface area contributed by atoms with Crippen molar-refractivity contribution in [2.75, 3.05) is 18.9 Å². The van der Waals surface area contributed by atoms with Crippen LogP contribution < -0.4 is 5.32 Å². The Bertz CT molecular complexity index is 637. The van der Waals surface area contributed by atoms with Crippen LogP contribution in [0.4, 0.5) is 5.13 Å². The Morgan fingerprint density at radius 1 is 1.43 bits per heavy atom. The lowest BCUT2D eigenvalue weighted by molar-refractivity contribution is -0.117. The highest BCUT2D eigenvalue weighted by Gasteiger charge is 2.13. The number of carbonyl (C=O) groups is 1. The summed E-state index contributed by atoms with van der Waals surface area (Å²) in [6.07, 6.45) is 1.90. The second-order valence-electron chi connectivity index (χ2n) is 5.84. The van der Waals surface area contributed by atoms with Crippen molar-refractivity contribution in [3.8, 4) is 0 Å². The van der Waals surface area contributed by atoms with E-state index < -0.39 is 0 Å². The molecule has 0 saturated carbocycles. The summed E-state index contributed by atoms with van der Waals surface area (Å²) < 4.78 is 5.28. The highest BCUT2D eigenvalue weighted by Crippen LogP contribution is 2.17. The number of rotatable bonds is 8. The molecule has 0 saturated heterocycles. The van der Waals surface area contributed by atoms with Crippen molar-refractivity contribution in [2.45, 2.75) is 46.1 Å². The predicted octanol–water partition coefficient (Wildman–Crippen LogP) is 2.67. The number of anilines is 1. The van der Waals surface area contributed by atoms with Crippen molar-refractivity contribution in [1.82, 2.24) is 20.3 Å². The van der Waals surface area contributed by atoms with Crippen LogP contribution in [0.2, 0.25) is 0 Å². The number of amides is 1. The number of hydrogen-bond donors (Lipinski definition) is 1. The van der Waals surface area contributed by atoms with Gasteiger partial charge in [-0.25, -0.2) is 0 Å². The van der Waals surface area contributed by atoms with E-state index in [4.69, 9.17) is 4.52 Å². The summed E-state index contributed by atoms with van der Waals surface area (Å²) in [6, 6.07) is 1.93. The molecule has 0 aliphatic heterocycles. The normalized spacial score (nSPS) is 11.4. The number of likely N-dealkylation sites (N-methyl/N-ethyl adjacent to an activating group) is 1. The van der Waals surface area contributed by atoms with Gasteiger partial charge in [0, 0.05) is 12.5 Å². The molecule has 0 radical (unpaired) electrons. The lowest BCUT2D eigenvalue weighted by Crippen LogP contribution is -2.29. The van der Waals surface area contributed by atoms with Gasteiger partial charge in [-0.3, -0.25) is 15.0 Å². The van der Waals surface area contributed by atoms with E-state index in [1.165, 1.54) is 11.3 Å². The molecule has 0 aliphatic rings. The Hall–Kier alpha value is -1.80. The topological polar surface area (TPSA) is 84.2 Å². The molecule has 0 atom stereocenters. The minimum absolute atomic E-state index is 0.115. The molecule has 2 heterocycles. The first-order valence-corrected chi connectivity index (χ1v) is 8.55. The highest BCUT2D eigenvalue weighted by molar-refractivity contribution is 7.15. The third-order valence-electron chi connectivity index (χ3n) is 3.19. The maximum absolute atomic E-state index is 12.0. The molecule has 7 nitrogen and oxygen atoms in total. The zero-order chi connectivity index (χ0) is 16.8. The molecule has 0 spiro atoms. The van der Waals surface area contributed by atoms with Crippen LogP contribution in [0.25, 0.3) is 0 Å². The maximum atomic E-state index is 12.0. The van der Waals surface area contributed by atoms with Crippen molar-refractivity contribution in [1.29, 1.82) is 0 Å². The van der Waals surface area contributed by atoms with Gasteiger partial charge in [-0.2, -0.15) is 0 Å². The first kappa shape index (κ1) is 17.6. The second-order valence-corrected chi connectivity index (χ2v) is 6.91. The standard InChI is InChI=1S/C15H23N5O2S/c1-5-6-14-17-18-15(23-14)16-13(21)9-20(4)8-11-7-12(10(2)3)19-22-11/h7,10H,5-6,8-9H2,1-4H3,(H,16,18,21). The van der Waals surface area contributed by atoms with E-state index in [0.29, 0.717) is 17.6 Å². The fourth-order valence-corrected chi connectivity index (χ4v) is 2.88. The predicted molar refractivity (Wildman–Crippen MR) is 89.5 cm³/mol. The average molecular weight is 337 g/mol. The zero-order valence-electron chi connectivity index (χ0n) is 14.0. The SMILES string of the molecule is CCCc1nnc(NC(=O)CN(C)Cc2cc(C(C)C)no2)s1. The fraction of sp³-hybridized carbons (Fsp3) is 0.600. The first-order chi connectivity index (χ1) is 11.0. The van der Waals surface area contributed by atoms with Gasteiger partial charge in [0.25, 0.3) is 0 Å². The molecule has 23 heavy (non-hydrogen) atoms. The van der Waals surface area contributed by atoms with E-state index in [2.05, 4.69) is 41.4 Å². The van der Waals surface area contributed by atoms with Gasteiger partial charge in [-0.1, -0.05) is 37.3 Å². The molecular weight excluding hydrogens is 314 g/mol. The van der Waals surface area contributed by atoms with Crippen molar-refractivity contribution in [3.63, 3.8) is 0 Å². The van der Waals surface area contributed by atoms with Crippen molar-refractivity contribution in [3.05, 3.63) is 22.5 Å². The van der Waals surface area contributed by atoms with Crippen LogP contribution in [0.3, 0.4) is 0 Å². The smallest absolute Gasteiger partial charge is 0.240 e. The van der Waals surface area contributed by atoms with Gasteiger partial charge in [0.05, 0.1) is 18.8 Å². The van der Waals surface area contributed by atoms with Gasteiger partial charge in [0.2, 0.25) is 11.0 Å². The third kappa shape index (κ3) is 5.40. The number of carbonyl (C=O) groups excluding carboxylic acids is 1. The van der Waals surface area contributed by atoms with E-state index in [1.807, 2.05) is 18.0 Å². The molecule has 126 valence electrons. The number of aromatic nitrogens is 3. The Kier molecular flexibility index (Phi) is 6.23. The average Bonchev–Trinajstić information content (AvgIpc) is 3.08. The summed E-state index contributed by atoms with van der Waals surface area (Å²) in [5.74, 6) is 0.969. The number of nitrogens with one attached hydrogen (secondary N) is 1. The summed E-state index contributed by atoms with van der Waals surface area (Å²) >= 11 is 1.42. The lowest BCUT2D eigenvalue weighted by Gasteiger charge is -2.13. The fourth-order valence-electron chi connectivity index (χ4n) is 2.02. The van der Waals surface area contributed by atoms with Gasteiger partial charge in [0.15, 0.2) is 5.76 Å². The second kappa shape index (κ2) is 8.16. The maximum Gasteiger partial charge on any atom is 0.240 e. The molecule has 2 aromatic rings. The Morgan fingerprint density at radius 3 is 2.87 bits per heavy atom. The van der Waals surface area contributed by atoms with Gasteiger partial charge in [0.1, 0.15) is 5.01 Å². The van der Waals surface area contributed by atoms with E-state index >= 15 is 0 Å². The quantitative estimate of drug-likeness (QED) is 0.797. The summed E-state index contributed by atoms with van der Waals surface area (Å²) in [6.45, 7) is 6.99. The van der Waals surface area contributed by atoms with Crippen molar-refractivity contribution < 1.29 is 9.32 Å². The minimum Gasteiger partial charge on any atom is -0.360 e. The Morgan fingerprint density at radius 2 is 2.22 bits per heavy atom. The molecular formula is C15H23N5O2S. The van der Waals surface area contributed by atoms with Crippen LogP contribution in [0.15, 0.2) is 10.6 Å². The van der Waals surface area contributed by atoms with Crippen LogP contribution >= 0.6 is 11.3 Å². The van der Waals surface area contributed by atoms with Crippen molar-refractivity contribution in [2.24, 2.45) is 0 Å². The number of nitrogens with zero attached hydrogens (tertiary/aromatic N) is 4. The van der Waals surface area contributed by atoms with E-state index in [9.17, 15) is 4.79 Å². The monoisotopic (exact) mass is 337 g/mol. The minimum atomic E-state index is -0.115. The van der Waals surface area contributed by atoms with Crippen LogP contribution in [0, 0.1) is 0 Å². The number of hydrogen-bond acceptors (Lipinski definition) is 7. The van der Waals surface area contributed by atoms with E-state index in [0.717, 1.165) is 29.3 Å². The molecule has 1 N–H and O–H groups in total. The van der Waals surface area contributed by atoms with Crippen LogP contribution in [0.5, 0.6) is 0 Å². The van der Waals surface area contributed by atoms with Crippen molar-refractivity contribution >= 4 is 22.4 Å². The van der Waals surface area contributed by atoms with Gasteiger partial charge >= 0.3 is 0 Å². The molecule has 2 aromatic heterocycles. The summed E-state index contributed by atoms with van der Waals surface area (Å²) in [5, 5.41) is 16.3. The molecule has 0 aromatic carbocycles. The molecule has 1 amide bonds. The van der Waals surface area contributed by atoms with Gasteiger partial charge < -0.3 is 4.52 Å². The summed E-state index contributed by atoms with van der Waals surface area (Å²) in [7, 11) is 1.86. The van der Waals surface area contributed by atoms with Gasteiger partial charge in [-0.05, 0) is 19.4 Å². The number of aryl methyl sites for hydroxylation is 1. The van der Waals surface area contributed by atoms with Crippen LogP contribution in [0.1, 0.15) is 49.6 Å². The first-order valence-electron chi connectivity index (χ1n) is 7.74. The van der Waals surface area contributed by atoms with E-state index in [1.54, 1.807) is 0 Å². The molecule has 0 bridgehead atoms.